The van der Waals surface area contributed by atoms with Gasteiger partial charge in [-0.25, -0.2) is 4.98 Å². The molecule has 10 nitrogen and oxygen atoms in total. The van der Waals surface area contributed by atoms with Crippen LogP contribution in [-0.2, 0) is 6.42 Å². The van der Waals surface area contributed by atoms with Crippen molar-refractivity contribution >= 4 is 35.2 Å². The maximum Gasteiger partial charge on any atom is 0.302 e. The summed E-state index contributed by atoms with van der Waals surface area (Å²) in [5.74, 6) is 1.32. The fourth-order valence-electron chi connectivity index (χ4n) is 4.29. The normalized spacial score (nSPS) is 13.5. The lowest BCUT2D eigenvalue weighted by atomic mass is 10.1. The Labute approximate surface area is 215 Å². The molecule has 10 heteroatoms. The lowest BCUT2D eigenvalue weighted by molar-refractivity contribution is 0.0997. The zero-order valence-electron chi connectivity index (χ0n) is 21.2. The van der Waals surface area contributed by atoms with Crippen LogP contribution in [0.4, 0.5) is 29.3 Å². The molecular weight excluding hydrogens is 468 g/mol. The van der Waals surface area contributed by atoms with E-state index >= 15 is 0 Å². The summed E-state index contributed by atoms with van der Waals surface area (Å²) < 4.78 is 5.67. The molecule has 0 spiro atoms. The molecule has 0 saturated carbocycles. The number of hydrogen-bond donors (Lipinski definition) is 2. The summed E-state index contributed by atoms with van der Waals surface area (Å²) in [7, 11) is 0. The van der Waals surface area contributed by atoms with Gasteiger partial charge in [-0.3, -0.25) is 10.1 Å². The van der Waals surface area contributed by atoms with Gasteiger partial charge in [0.25, 0.3) is 5.91 Å². The Hall–Kier alpha value is -4.47. The second-order valence-corrected chi connectivity index (χ2v) is 8.91. The van der Waals surface area contributed by atoms with Crippen molar-refractivity contribution in [3.05, 3.63) is 77.4 Å². The van der Waals surface area contributed by atoms with Gasteiger partial charge < -0.3 is 19.5 Å². The minimum atomic E-state index is -0.375. The minimum absolute atomic E-state index is 0.0900. The zero-order chi connectivity index (χ0) is 25.8. The van der Waals surface area contributed by atoms with Crippen molar-refractivity contribution in [3.8, 4) is 0 Å². The van der Waals surface area contributed by atoms with Crippen molar-refractivity contribution in [2.24, 2.45) is 0 Å². The third-order valence-corrected chi connectivity index (χ3v) is 6.34. The Kier molecular flexibility index (Phi) is 6.98. The highest BCUT2D eigenvalue weighted by Gasteiger charge is 2.21. The molecular formula is C27H30N8O2. The topological polar surface area (TPSA) is 112 Å². The van der Waals surface area contributed by atoms with E-state index in [0.29, 0.717) is 24.1 Å². The largest absolute Gasteiger partial charge is 0.418 e. The van der Waals surface area contributed by atoms with E-state index in [0.717, 1.165) is 43.0 Å². The third kappa shape index (κ3) is 5.53. The van der Waals surface area contributed by atoms with Gasteiger partial charge in [-0.15, -0.1) is 0 Å². The van der Waals surface area contributed by atoms with E-state index in [9.17, 15) is 4.79 Å². The second kappa shape index (κ2) is 10.7. The number of hydrogen-bond acceptors (Lipinski definition) is 9. The Morgan fingerprint density at radius 3 is 2.32 bits per heavy atom. The number of nitrogens with one attached hydrogen (secondary N) is 2. The number of carbonyl (C=O) groups excluding carboxylic acids is 1. The van der Waals surface area contributed by atoms with Crippen LogP contribution >= 0.6 is 0 Å². The van der Waals surface area contributed by atoms with Crippen molar-refractivity contribution in [3.63, 3.8) is 0 Å². The van der Waals surface area contributed by atoms with Gasteiger partial charge in [0, 0.05) is 44.0 Å². The molecule has 2 N–H and O–H groups in total. The van der Waals surface area contributed by atoms with Gasteiger partial charge in [-0.2, -0.15) is 15.0 Å². The van der Waals surface area contributed by atoms with Crippen molar-refractivity contribution in [1.82, 2.24) is 19.9 Å². The van der Waals surface area contributed by atoms with Crippen molar-refractivity contribution in [2.75, 3.05) is 46.6 Å². The lowest BCUT2D eigenvalue weighted by Crippen LogP contribution is -2.47. The van der Waals surface area contributed by atoms with E-state index in [1.165, 1.54) is 11.9 Å². The molecule has 2 aromatic carbocycles. The van der Waals surface area contributed by atoms with Gasteiger partial charge in [0.05, 0.1) is 6.20 Å². The standard InChI is InChI=1S/C27H30N8O2/c1-4-22-29-25(32-26(30-22)35-15-13-34(14-16-35)20-11-6-5-7-12-20)33-27-28-17-21(37-27)24(36)31-23-18(2)9-8-10-19(23)3/h5-12,17H,4,13-16H2,1-3H3,(H,31,36)(H,28,29,30,32,33). The minimum Gasteiger partial charge on any atom is -0.418 e. The van der Waals surface area contributed by atoms with E-state index < -0.39 is 0 Å². The van der Waals surface area contributed by atoms with E-state index in [4.69, 9.17) is 4.42 Å². The molecule has 0 bridgehead atoms. The Morgan fingerprint density at radius 2 is 1.62 bits per heavy atom. The summed E-state index contributed by atoms with van der Waals surface area (Å²) in [5, 5.41) is 5.90. The fraction of sp³-hybridized carbons (Fsp3) is 0.296. The number of benzene rings is 2. The number of para-hydroxylation sites is 2. The van der Waals surface area contributed by atoms with Crippen LogP contribution in [0.5, 0.6) is 0 Å². The molecule has 1 fully saturated rings. The lowest BCUT2D eigenvalue weighted by Gasteiger charge is -2.36. The molecule has 37 heavy (non-hydrogen) atoms. The number of rotatable bonds is 7. The monoisotopic (exact) mass is 498 g/mol. The van der Waals surface area contributed by atoms with Gasteiger partial charge >= 0.3 is 6.01 Å². The summed E-state index contributed by atoms with van der Waals surface area (Å²) in [5.41, 5.74) is 3.93. The first-order chi connectivity index (χ1) is 18.0. The Bertz CT molecular complexity index is 1360. The number of anilines is 5. The molecule has 190 valence electrons. The first-order valence-electron chi connectivity index (χ1n) is 12.4. The fourth-order valence-corrected chi connectivity index (χ4v) is 4.29. The summed E-state index contributed by atoms with van der Waals surface area (Å²) in [6, 6.07) is 16.4. The Balaban J connectivity index is 1.27. The zero-order valence-corrected chi connectivity index (χ0v) is 21.2. The molecule has 5 rings (SSSR count). The molecule has 0 radical (unpaired) electrons. The van der Waals surface area contributed by atoms with Crippen molar-refractivity contribution in [1.29, 1.82) is 0 Å². The summed E-state index contributed by atoms with van der Waals surface area (Å²) >= 11 is 0. The number of aromatic nitrogens is 4. The van der Waals surface area contributed by atoms with Gasteiger partial charge in [0.2, 0.25) is 17.7 Å². The van der Waals surface area contributed by atoms with Gasteiger partial charge in [-0.05, 0) is 37.1 Å². The van der Waals surface area contributed by atoms with Crippen LogP contribution in [0.15, 0.2) is 59.1 Å². The molecule has 4 aromatic rings. The highest BCUT2D eigenvalue weighted by molar-refractivity contribution is 6.03. The molecule has 1 aliphatic heterocycles. The average molecular weight is 499 g/mol. The number of piperazine rings is 1. The molecule has 0 aliphatic carbocycles. The SMILES string of the molecule is CCc1nc(Nc2ncc(C(=O)Nc3c(C)cccc3C)o2)nc(N2CCN(c3ccccc3)CC2)n1. The maximum absolute atomic E-state index is 12.7. The van der Waals surface area contributed by atoms with E-state index in [1.54, 1.807) is 0 Å². The second-order valence-electron chi connectivity index (χ2n) is 8.91. The van der Waals surface area contributed by atoms with E-state index in [-0.39, 0.29) is 17.7 Å². The predicted molar refractivity (Wildman–Crippen MR) is 144 cm³/mol. The van der Waals surface area contributed by atoms with E-state index in [2.05, 4.69) is 64.6 Å². The van der Waals surface area contributed by atoms with Gasteiger partial charge in [-0.1, -0.05) is 43.3 Å². The number of aryl methyl sites for hydroxylation is 3. The molecule has 0 unspecified atom stereocenters. The van der Waals surface area contributed by atoms with Crippen LogP contribution in [-0.4, -0.2) is 52.0 Å². The average Bonchev–Trinajstić information content (AvgIpc) is 3.39. The summed E-state index contributed by atoms with van der Waals surface area (Å²) in [6.45, 7) is 9.23. The number of carbonyl (C=O) groups is 1. The summed E-state index contributed by atoms with van der Waals surface area (Å²) in [4.78, 5) is 35.2. The molecule has 0 atom stereocenters. The van der Waals surface area contributed by atoms with Gasteiger partial charge in [0.15, 0.2) is 0 Å². The summed E-state index contributed by atoms with van der Waals surface area (Å²) in [6.07, 6.45) is 2.04. The van der Waals surface area contributed by atoms with Crippen LogP contribution < -0.4 is 20.4 Å². The highest BCUT2D eigenvalue weighted by atomic mass is 16.4. The maximum atomic E-state index is 12.7. The molecule has 3 heterocycles. The first-order valence-corrected chi connectivity index (χ1v) is 12.4. The van der Waals surface area contributed by atoms with Crippen LogP contribution in [0.2, 0.25) is 0 Å². The molecule has 1 aliphatic rings. The van der Waals surface area contributed by atoms with Crippen LogP contribution in [0.25, 0.3) is 0 Å². The van der Waals surface area contributed by atoms with Gasteiger partial charge in [0.1, 0.15) is 5.82 Å². The quantitative estimate of drug-likeness (QED) is 0.384. The number of amides is 1. The van der Waals surface area contributed by atoms with Crippen LogP contribution in [0.1, 0.15) is 34.4 Å². The third-order valence-electron chi connectivity index (χ3n) is 6.34. The van der Waals surface area contributed by atoms with Crippen molar-refractivity contribution < 1.29 is 9.21 Å². The molecule has 2 aromatic heterocycles. The van der Waals surface area contributed by atoms with Crippen LogP contribution in [0, 0.1) is 13.8 Å². The smallest absolute Gasteiger partial charge is 0.302 e. The highest BCUT2D eigenvalue weighted by Crippen LogP contribution is 2.23. The molecule has 1 amide bonds. The van der Waals surface area contributed by atoms with Crippen molar-refractivity contribution in [2.45, 2.75) is 27.2 Å². The molecule has 1 saturated heterocycles. The van der Waals surface area contributed by atoms with E-state index in [1.807, 2.05) is 45.0 Å². The Morgan fingerprint density at radius 1 is 0.919 bits per heavy atom. The van der Waals surface area contributed by atoms with Crippen LogP contribution in [0.3, 0.4) is 0 Å². The first kappa shape index (κ1) is 24.2. The number of oxazole rings is 1. The number of nitrogens with zero attached hydrogens (tertiary/aromatic N) is 6. The predicted octanol–water partition coefficient (Wildman–Crippen LogP) is 4.36.